The molecule has 1 heterocycles. The minimum Gasteiger partial charge on any atom is -0.385 e. The summed E-state index contributed by atoms with van der Waals surface area (Å²) in [7, 11) is -3.18. The average Bonchev–Trinajstić information content (AvgIpc) is 3.09. The molecule has 5 nitrogen and oxygen atoms in total. The van der Waals surface area contributed by atoms with E-state index in [1.54, 1.807) is 18.3 Å². The Morgan fingerprint density at radius 2 is 2.04 bits per heavy atom. The van der Waals surface area contributed by atoms with E-state index in [9.17, 15) is 8.42 Å². The summed E-state index contributed by atoms with van der Waals surface area (Å²) >= 11 is 1.66. The molecule has 0 radical (unpaired) electrons. The van der Waals surface area contributed by atoms with Crippen molar-refractivity contribution in [3.8, 4) is 0 Å². The number of benzene rings is 1. The zero-order valence-corrected chi connectivity index (χ0v) is 17.2. The summed E-state index contributed by atoms with van der Waals surface area (Å²) in [5, 5.41) is 3.24. The Morgan fingerprint density at radius 3 is 2.77 bits per heavy atom. The van der Waals surface area contributed by atoms with Crippen LogP contribution in [0.5, 0.6) is 0 Å². The predicted octanol–water partition coefficient (Wildman–Crippen LogP) is 4.38. The van der Waals surface area contributed by atoms with Crippen LogP contribution >= 0.6 is 11.3 Å². The molecule has 7 heteroatoms. The molecule has 3 rings (SSSR count). The molecule has 1 aromatic heterocycles. The second kappa shape index (κ2) is 8.67. The van der Waals surface area contributed by atoms with Crippen LogP contribution in [0.4, 0.5) is 5.69 Å². The third-order valence-electron chi connectivity index (χ3n) is 5.33. The van der Waals surface area contributed by atoms with Crippen molar-refractivity contribution in [2.75, 3.05) is 11.9 Å². The number of rotatable bonds is 8. The number of nitrogens with one attached hydrogen (secondary N) is 2. The highest BCUT2D eigenvalue weighted by atomic mass is 32.2. The number of hydrogen-bond donors (Lipinski definition) is 2. The van der Waals surface area contributed by atoms with E-state index in [4.69, 9.17) is 0 Å². The molecule has 1 aromatic carbocycles. The van der Waals surface area contributed by atoms with Gasteiger partial charge in [-0.15, -0.1) is 11.3 Å². The zero-order valence-electron chi connectivity index (χ0n) is 15.6. The first-order valence-corrected chi connectivity index (χ1v) is 12.0. The van der Waals surface area contributed by atoms with E-state index in [-0.39, 0.29) is 11.3 Å². The number of fused-ring (bicyclic) bond motifs is 1. The molecule has 1 fully saturated rings. The van der Waals surface area contributed by atoms with Crippen molar-refractivity contribution in [2.24, 2.45) is 5.92 Å². The van der Waals surface area contributed by atoms with Crippen molar-refractivity contribution in [3.63, 3.8) is 0 Å². The van der Waals surface area contributed by atoms with Gasteiger partial charge in [0.1, 0.15) is 0 Å². The van der Waals surface area contributed by atoms with Crippen molar-refractivity contribution in [3.05, 3.63) is 23.7 Å². The van der Waals surface area contributed by atoms with Gasteiger partial charge in [0.15, 0.2) is 0 Å². The molecule has 1 atom stereocenters. The van der Waals surface area contributed by atoms with Gasteiger partial charge in [-0.05, 0) is 63.1 Å². The highest BCUT2D eigenvalue weighted by Gasteiger charge is 2.27. The van der Waals surface area contributed by atoms with Gasteiger partial charge in [0.2, 0.25) is 10.0 Å². The normalized spacial score (nSPS) is 22.4. The number of nitrogens with zero attached hydrogens (tertiary/aromatic N) is 1. The van der Waals surface area contributed by atoms with Crippen LogP contribution in [0.3, 0.4) is 0 Å². The molecular formula is C19H29N3O2S2. The summed E-state index contributed by atoms with van der Waals surface area (Å²) in [4.78, 5) is 4.31. The summed E-state index contributed by atoms with van der Waals surface area (Å²) in [6.45, 7) is 4.77. The van der Waals surface area contributed by atoms with E-state index in [1.165, 1.54) is 4.70 Å². The topological polar surface area (TPSA) is 71.1 Å². The van der Waals surface area contributed by atoms with Crippen LogP contribution in [0.1, 0.15) is 52.4 Å². The molecule has 0 amide bonds. The lowest BCUT2D eigenvalue weighted by Crippen LogP contribution is -2.42. The first-order chi connectivity index (χ1) is 12.5. The Labute approximate surface area is 160 Å². The summed E-state index contributed by atoms with van der Waals surface area (Å²) in [5.74, 6) is 0.598. The lowest BCUT2D eigenvalue weighted by molar-refractivity contribution is 0.323. The summed E-state index contributed by atoms with van der Waals surface area (Å²) in [5.41, 5.74) is 4.06. The number of anilines is 1. The van der Waals surface area contributed by atoms with Crippen molar-refractivity contribution in [1.29, 1.82) is 0 Å². The molecule has 0 spiro atoms. The van der Waals surface area contributed by atoms with Gasteiger partial charge in [-0.25, -0.2) is 18.1 Å². The lowest BCUT2D eigenvalue weighted by Gasteiger charge is -2.30. The van der Waals surface area contributed by atoms with Crippen molar-refractivity contribution >= 4 is 37.3 Å². The van der Waals surface area contributed by atoms with Gasteiger partial charge < -0.3 is 5.32 Å². The predicted molar refractivity (Wildman–Crippen MR) is 110 cm³/mol. The van der Waals surface area contributed by atoms with E-state index in [1.807, 2.05) is 12.4 Å². The molecule has 144 valence electrons. The summed E-state index contributed by atoms with van der Waals surface area (Å²) < 4.78 is 28.8. The Balaban J connectivity index is 1.45. The van der Waals surface area contributed by atoms with E-state index in [0.717, 1.165) is 56.3 Å². The smallest absolute Gasteiger partial charge is 0.214 e. The zero-order chi connectivity index (χ0) is 18.6. The van der Waals surface area contributed by atoms with Crippen LogP contribution in [0.25, 0.3) is 10.2 Å². The first kappa shape index (κ1) is 19.6. The monoisotopic (exact) mass is 395 g/mol. The molecule has 1 saturated carbocycles. The summed E-state index contributed by atoms with van der Waals surface area (Å²) in [6.07, 6.45) is 5.60. The number of thiazole rings is 1. The number of hydrogen-bond acceptors (Lipinski definition) is 5. The second-order valence-corrected chi connectivity index (χ2v) is 10.4. The van der Waals surface area contributed by atoms with Gasteiger partial charge in [-0.3, -0.25) is 0 Å². The van der Waals surface area contributed by atoms with Gasteiger partial charge >= 0.3 is 0 Å². The van der Waals surface area contributed by atoms with Gasteiger partial charge in [0.05, 0.1) is 21.0 Å². The number of sulfonamides is 1. The van der Waals surface area contributed by atoms with E-state index >= 15 is 0 Å². The van der Waals surface area contributed by atoms with Gasteiger partial charge in [0.25, 0.3) is 0 Å². The van der Waals surface area contributed by atoms with Crippen LogP contribution in [-0.2, 0) is 10.0 Å². The standard InChI is InChI=1S/C19H29N3O2S2/c1-3-4-14(2)26(23,24)22-16-7-5-15(6-8-16)12-20-17-9-10-18-19(11-17)25-13-21-18/h9-11,13-16,20,22H,3-8,12H2,1-2H3/t14?,15-,16-. The van der Waals surface area contributed by atoms with Gasteiger partial charge in [0, 0.05) is 18.3 Å². The highest BCUT2D eigenvalue weighted by molar-refractivity contribution is 7.90. The fourth-order valence-corrected chi connectivity index (χ4v) is 5.82. The fourth-order valence-electron chi connectivity index (χ4n) is 3.62. The van der Waals surface area contributed by atoms with Crippen LogP contribution in [0.15, 0.2) is 23.7 Å². The molecule has 0 saturated heterocycles. The Kier molecular flexibility index (Phi) is 6.53. The SMILES string of the molecule is CCCC(C)S(=O)(=O)N[C@H]1CC[C@H](CNc2ccc3ncsc3c2)CC1. The third-order valence-corrected chi connectivity index (χ3v) is 8.08. The molecule has 26 heavy (non-hydrogen) atoms. The van der Waals surface area contributed by atoms with Crippen molar-refractivity contribution in [1.82, 2.24) is 9.71 Å². The van der Waals surface area contributed by atoms with E-state index in [0.29, 0.717) is 5.92 Å². The quantitative estimate of drug-likeness (QED) is 0.696. The van der Waals surface area contributed by atoms with Gasteiger partial charge in [-0.1, -0.05) is 13.3 Å². The highest BCUT2D eigenvalue weighted by Crippen LogP contribution is 2.27. The van der Waals surface area contributed by atoms with Crippen molar-refractivity contribution < 1.29 is 8.42 Å². The first-order valence-electron chi connectivity index (χ1n) is 9.56. The maximum Gasteiger partial charge on any atom is 0.214 e. The molecule has 1 aliphatic carbocycles. The Morgan fingerprint density at radius 1 is 1.27 bits per heavy atom. The minimum absolute atomic E-state index is 0.101. The minimum atomic E-state index is -3.18. The molecule has 0 aliphatic heterocycles. The van der Waals surface area contributed by atoms with E-state index in [2.05, 4.69) is 33.2 Å². The lowest BCUT2D eigenvalue weighted by atomic mass is 9.86. The fraction of sp³-hybridized carbons (Fsp3) is 0.632. The average molecular weight is 396 g/mol. The molecule has 1 aliphatic rings. The van der Waals surface area contributed by atoms with Crippen LogP contribution in [0, 0.1) is 5.92 Å². The molecule has 0 bridgehead atoms. The van der Waals surface area contributed by atoms with Crippen molar-refractivity contribution in [2.45, 2.75) is 63.7 Å². The van der Waals surface area contributed by atoms with E-state index < -0.39 is 10.0 Å². The Bertz CT molecular complexity index is 811. The molecule has 1 unspecified atom stereocenters. The van der Waals surface area contributed by atoms with Crippen LogP contribution < -0.4 is 10.0 Å². The molecule has 2 aromatic rings. The Hall–Kier alpha value is -1.18. The van der Waals surface area contributed by atoms with Crippen LogP contribution in [-0.4, -0.2) is 31.2 Å². The third kappa shape index (κ3) is 4.96. The maximum atomic E-state index is 12.3. The second-order valence-electron chi connectivity index (χ2n) is 7.40. The maximum absolute atomic E-state index is 12.3. The largest absolute Gasteiger partial charge is 0.385 e. The molecule has 2 N–H and O–H groups in total. The molecular weight excluding hydrogens is 366 g/mol. The number of aromatic nitrogens is 1. The van der Waals surface area contributed by atoms with Gasteiger partial charge in [-0.2, -0.15) is 0 Å². The van der Waals surface area contributed by atoms with Crippen LogP contribution in [0.2, 0.25) is 0 Å². The summed E-state index contributed by atoms with van der Waals surface area (Å²) in [6, 6.07) is 6.39.